The second-order valence-corrected chi connectivity index (χ2v) is 6.19. The Morgan fingerprint density at radius 2 is 1.69 bits per heavy atom. The maximum absolute atomic E-state index is 12.3. The zero-order chi connectivity index (χ0) is 18.4. The highest BCUT2D eigenvalue weighted by Crippen LogP contribution is 2.13. The number of nitrogens with one attached hydrogen (secondary N) is 2. The van der Waals surface area contributed by atoms with Crippen LogP contribution in [0.15, 0.2) is 66.7 Å². The van der Waals surface area contributed by atoms with Gasteiger partial charge in [0, 0.05) is 6.54 Å². The third-order valence-corrected chi connectivity index (χ3v) is 4.27. The summed E-state index contributed by atoms with van der Waals surface area (Å²) < 4.78 is 0. The number of nitrogens with zero attached hydrogens (tertiary/aromatic N) is 2. The van der Waals surface area contributed by atoms with Gasteiger partial charge in [-0.2, -0.15) is 0 Å². The van der Waals surface area contributed by atoms with Crippen LogP contribution in [0.2, 0.25) is 0 Å². The largest absolute Gasteiger partial charge is 0.364 e. The highest BCUT2D eigenvalue weighted by atomic mass is 16.2. The number of amides is 1. The highest BCUT2D eigenvalue weighted by Gasteiger charge is 2.13. The van der Waals surface area contributed by atoms with E-state index in [0.717, 1.165) is 5.56 Å². The number of carbonyl (C=O) groups excluding carboxylic acids is 1. The Labute approximate surface area is 153 Å². The summed E-state index contributed by atoms with van der Waals surface area (Å²) in [5.74, 6) is 0.403. The number of hydrogen-bond donors (Lipinski definition) is 2. The fraction of sp³-hybridized carbons (Fsp3) is 0.190. The number of aromatic nitrogens is 2. The van der Waals surface area contributed by atoms with Gasteiger partial charge in [-0.25, -0.2) is 0 Å². The van der Waals surface area contributed by atoms with Crippen LogP contribution in [-0.2, 0) is 6.54 Å². The van der Waals surface area contributed by atoms with Crippen LogP contribution >= 0.6 is 0 Å². The predicted molar refractivity (Wildman–Crippen MR) is 103 cm³/mol. The van der Waals surface area contributed by atoms with Gasteiger partial charge in [-0.3, -0.25) is 4.79 Å². The molecule has 3 aromatic rings. The van der Waals surface area contributed by atoms with E-state index in [2.05, 4.69) is 39.9 Å². The maximum Gasteiger partial charge on any atom is 0.272 e. The molecule has 0 aliphatic heterocycles. The van der Waals surface area contributed by atoms with Crippen molar-refractivity contribution in [3.63, 3.8) is 0 Å². The van der Waals surface area contributed by atoms with Crippen LogP contribution in [-0.4, -0.2) is 16.1 Å². The molecular formula is C21H22N4O. The van der Waals surface area contributed by atoms with E-state index in [1.54, 1.807) is 12.1 Å². The average molecular weight is 346 g/mol. The monoisotopic (exact) mass is 346 g/mol. The van der Waals surface area contributed by atoms with E-state index in [4.69, 9.17) is 0 Å². The topological polar surface area (TPSA) is 66.9 Å². The van der Waals surface area contributed by atoms with Gasteiger partial charge in [-0.05, 0) is 42.7 Å². The fourth-order valence-corrected chi connectivity index (χ4v) is 2.64. The van der Waals surface area contributed by atoms with Crippen molar-refractivity contribution in [1.82, 2.24) is 15.5 Å². The van der Waals surface area contributed by atoms with Crippen LogP contribution in [0.3, 0.4) is 0 Å². The summed E-state index contributed by atoms with van der Waals surface area (Å²) in [7, 11) is 0. The van der Waals surface area contributed by atoms with Gasteiger partial charge >= 0.3 is 0 Å². The minimum Gasteiger partial charge on any atom is -0.364 e. The maximum atomic E-state index is 12.3. The molecule has 1 unspecified atom stereocenters. The van der Waals surface area contributed by atoms with Gasteiger partial charge in [0.05, 0.1) is 6.04 Å². The standard InChI is InChI=1S/C21H22N4O/c1-15-8-6-7-11-18(15)14-22-20-13-12-19(24-25-20)21(26)23-16(2)17-9-4-3-5-10-17/h3-13,16H,14H2,1-2H3,(H,22,25)(H,23,26). The van der Waals surface area contributed by atoms with E-state index in [9.17, 15) is 4.79 Å². The Morgan fingerprint density at radius 1 is 0.962 bits per heavy atom. The highest BCUT2D eigenvalue weighted by molar-refractivity contribution is 5.92. The molecule has 3 rings (SSSR count). The van der Waals surface area contributed by atoms with E-state index in [1.165, 1.54) is 11.1 Å². The molecule has 1 heterocycles. The Balaban J connectivity index is 1.58. The molecule has 2 N–H and O–H groups in total. The van der Waals surface area contributed by atoms with Crippen molar-refractivity contribution < 1.29 is 4.79 Å². The van der Waals surface area contributed by atoms with Crippen molar-refractivity contribution in [3.8, 4) is 0 Å². The minimum atomic E-state index is -0.237. The van der Waals surface area contributed by atoms with E-state index in [0.29, 0.717) is 18.1 Å². The summed E-state index contributed by atoms with van der Waals surface area (Å²) in [5, 5.41) is 14.3. The first-order valence-electron chi connectivity index (χ1n) is 8.61. The lowest BCUT2D eigenvalue weighted by Crippen LogP contribution is -2.27. The zero-order valence-corrected chi connectivity index (χ0v) is 14.9. The molecule has 0 fully saturated rings. The molecule has 0 aliphatic carbocycles. The number of rotatable bonds is 6. The Morgan fingerprint density at radius 3 is 2.38 bits per heavy atom. The van der Waals surface area contributed by atoms with Crippen molar-refractivity contribution in [1.29, 1.82) is 0 Å². The zero-order valence-electron chi connectivity index (χ0n) is 14.9. The SMILES string of the molecule is Cc1ccccc1CNc1ccc(C(=O)NC(C)c2ccccc2)nn1. The first-order valence-corrected chi connectivity index (χ1v) is 8.61. The van der Waals surface area contributed by atoms with Crippen molar-refractivity contribution in [3.05, 3.63) is 89.1 Å². The third-order valence-electron chi connectivity index (χ3n) is 4.27. The third kappa shape index (κ3) is 4.45. The number of benzene rings is 2. The lowest BCUT2D eigenvalue weighted by atomic mass is 10.1. The molecule has 132 valence electrons. The van der Waals surface area contributed by atoms with E-state index in [1.807, 2.05) is 49.4 Å². The minimum absolute atomic E-state index is 0.0932. The molecule has 0 saturated carbocycles. The molecule has 0 bridgehead atoms. The summed E-state index contributed by atoms with van der Waals surface area (Å²) >= 11 is 0. The molecule has 2 aromatic carbocycles. The summed E-state index contributed by atoms with van der Waals surface area (Å²) in [6.45, 7) is 4.68. The lowest BCUT2D eigenvalue weighted by molar-refractivity contribution is 0.0934. The van der Waals surface area contributed by atoms with Crippen LogP contribution in [0.1, 0.15) is 40.1 Å². The number of anilines is 1. The molecule has 26 heavy (non-hydrogen) atoms. The van der Waals surface area contributed by atoms with Gasteiger partial charge in [0.15, 0.2) is 5.69 Å². The molecule has 0 aliphatic rings. The number of aryl methyl sites for hydroxylation is 1. The van der Waals surface area contributed by atoms with Crippen molar-refractivity contribution in [2.75, 3.05) is 5.32 Å². The van der Waals surface area contributed by atoms with Crippen molar-refractivity contribution in [2.45, 2.75) is 26.4 Å². The number of carbonyl (C=O) groups is 1. The number of hydrogen-bond acceptors (Lipinski definition) is 4. The first-order chi connectivity index (χ1) is 12.6. The molecular weight excluding hydrogens is 324 g/mol. The average Bonchev–Trinajstić information content (AvgIpc) is 2.68. The van der Waals surface area contributed by atoms with E-state index in [-0.39, 0.29) is 11.9 Å². The second-order valence-electron chi connectivity index (χ2n) is 6.19. The molecule has 5 nitrogen and oxygen atoms in total. The summed E-state index contributed by atoms with van der Waals surface area (Å²) in [5.41, 5.74) is 3.77. The lowest BCUT2D eigenvalue weighted by Gasteiger charge is -2.14. The van der Waals surface area contributed by atoms with Gasteiger partial charge in [0.2, 0.25) is 0 Å². The van der Waals surface area contributed by atoms with Gasteiger partial charge in [-0.15, -0.1) is 10.2 Å². The Bertz CT molecular complexity index is 863. The summed E-state index contributed by atoms with van der Waals surface area (Å²) in [6.07, 6.45) is 0. The van der Waals surface area contributed by atoms with Gasteiger partial charge in [0.25, 0.3) is 5.91 Å². The van der Waals surface area contributed by atoms with Crippen LogP contribution in [0.4, 0.5) is 5.82 Å². The van der Waals surface area contributed by atoms with Crippen molar-refractivity contribution in [2.24, 2.45) is 0 Å². The summed E-state index contributed by atoms with van der Waals surface area (Å²) in [6, 6.07) is 21.3. The van der Waals surface area contributed by atoms with Crippen LogP contribution in [0.5, 0.6) is 0 Å². The summed E-state index contributed by atoms with van der Waals surface area (Å²) in [4.78, 5) is 12.3. The van der Waals surface area contributed by atoms with E-state index < -0.39 is 0 Å². The molecule has 1 amide bonds. The molecule has 0 saturated heterocycles. The van der Waals surface area contributed by atoms with Crippen LogP contribution < -0.4 is 10.6 Å². The fourth-order valence-electron chi connectivity index (χ4n) is 2.64. The molecule has 0 radical (unpaired) electrons. The van der Waals surface area contributed by atoms with E-state index >= 15 is 0 Å². The van der Waals surface area contributed by atoms with Gasteiger partial charge in [0.1, 0.15) is 5.82 Å². The van der Waals surface area contributed by atoms with Gasteiger partial charge in [-0.1, -0.05) is 54.6 Å². The van der Waals surface area contributed by atoms with Crippen LogP contribution in [0.25, 0.3) is 0 Å². The van der Waals surface area contributed by atoms with Gasteiger partial charge < -0.3 is 10.6 Å². The molecule has 1 atom stereocenters. The predicted octanol–water partition coefficient (Wildman–Crippen LogP) is 3.89. The Kier molecular flexibility index (Phi) is 5.59. The second kappa shape index (κ2) is 8.25. The quantitative estimate of drug-likeness (QED) is 0.711. The first kappa shape index (κ1) is 17.6. The smallest absolute Gasteiger partial charge is 0.272 e. The normalized spacial score (nSPS) is 11.6. The Hall–Kier alpha value is -3.21. The molecule has 0 spiro atoms. The van der Waals surface area contributed by atoms with Crippen molar-refractivity contribution >= 4 is 11.7 Å². The molecule has 1 aromatic heterocycles. The van der Waals surface area contributed by atoms with Crippen LogP contribution in [0, 0.1) is 6.92 Å². The molecule has 5 heteroatoms.